The molecule has 0 atom stereocenters. The highest BCUT2D eigenvalue weighted by Crippen LogP contribution is 2.07. The number of unbranched alkanes of at least 4 members (excludes halogenated alkanes) is 1. The van der Waals surface area contributed by atoms with Gasteiger partial charge < -0.3 is 5.32 Å². The van der Waals surface area contributed by atoms with Crippen LogP contribution in [0.1, 0.15) is 29.5 Å². The van der Waals surface area contributed by atoms with E-state index in [4.69, 9.17) is 0 Å². The molecule has 0 fully saturated rings. The fourth-order valence-electron chi connectivity index (χ4n) is 2.46. The normalized spacial score (nSPS) is 10.7. The third-order valence-electron chi connectivity index (χ3n) is 3.74. The van der Waals surface area contributed by atoms with E-state index in [0.717, 1.165) is 19.5 Å². The number of nitrogens with one attached hydrogen (secondary N) is 1. The van der Waals surface area contributed by atoms with Crippen LogP contribution in [0, 0.1) is 6.92 Å². The van der Waals surface area contributed by atoms with Crippen molar-refractivity contribution in [2.45, 2.75) is 32.6 Å². The monoisotopic (exact) mass is 267 g/mol. The number of benzene rings is 2. The molecular formula is C19H25N. The van der Waals surface area contributed by atoms with Gasteiger partial charge in [0.25, 0.3) is 0 Å². The molecule has 0 radical (unpaired) electrons. The van der Waals surface area contributed by atoms with Crippen molar-refractivity contribution >= 4 is 0 Å². The zero-order valence-corrected chi connectivity index (χ0v) is 12.4. The van der Waals surface area contributed by atoms with Crippen molar-refractivity contribution in [1.29, 1.82) is 0 Å². The second-order valence-corrected chi connectivity index (χ2v) is 5.37. The van der Waals surface area contributed by atoms with E-state index in [2.05, 4.69) is 66.8 Å². The van der Waals surface area contributed by atoms with E-state index in [0.29, 0.717) is 0 Å². The molecule has 0 saturated carbocycles. The van der Waals surface area contributed by atoms with E-state index in [-0.39, 0.29) is 0 Å². The lowest BCUT2D eigenvalue weighted by Gasteiger charge is -2.07. The summed E-state index contributed by atoms with van der Waals surface area (Å²) in [6.07, 6.45) is 4.84. The fourth-order valence-corrected chi connectivity index (χ4v) is 2.46. The highest BCUT2D eigenvalue weighted by Gasteiger charge is 1.96. The van der Waals surface area contributed by atoms with Gasteiger partial charge >= 0.3 is 0 Å². The van der Waals surface area contributed by atoms with Crippen molar-refractivity contribution in [2.75, 3.05) is 13.1 Å². The molecular weight excluding hydrogens is 242 g/mol. The van der Waals surface area contributed by atoms with E-state index < -0.39 is 0 Å². The van der Waals surface area contributed by atoms with Crippen LogP contribution >= 0.6 is 0 Å². The molecule has 0 unspecified atom stereocenters. The average Bonchev–Trinajstić information content (AvgIpc) is 2.49. The van der Waals surface area contributed by atoms with Gasteiger partial charge in [-0.2, -0.15) is 0 Å². The average molecular weight is 267 g/mol. The molecule has 0 aliphatic rings. The first-order valence-electron chi connectivity index (χ1n) is 7.65. The van der Waals surface area contributed by atoms with Gasteiger partial charge in [0.1, 0.15) is 0 Å². The van der Waals surface area contributed by atoms with Crippen LogP contribution < -0.4 is 5.32 Å². The predicted molar refractivity (Wildman–Crippen MR) is 87.1 cm³/mol. The maximum absolute atomic E-state index is 3.55. The SMILES string of the molecule is Cc1ccccc1CCNCCCCc1ccccc1. The molecule has 1 heteroatoms. The van der Waals surface area contributed by atoms with Gasteiger partial charge in [0.15, 0.2) is 0 Å². The van der Waals surface area contributed by atoms with E-state index in [1.807, 2.05) is 0 Å². The van der Waals surface area contributed by atoms with Gasteiger partial charge in [-0.1, -0.05) is 54.6 Å². The summed E-state index contributed by atoms with van der Waals surface area (Å²) in [4.78, 5) is 0. The first-order valence-corrected chi connectivity index (χ1v) is 7.65. The van der Waals surface area contributed by atoms with Crippen LogP contribution in [-0.4, -0.2) is 13.1 Å². The van der Waals surface area contributed by atoms with Crippen molar-refractivity contribution in [3.8, 4) is 0 Å². The summed E-state index contributed by atoms with van der Waals surface area (Å²) < 4.78 is 0. The quantitative estimate of drug-likeness (QED) is 0.708. The Kier molecular flexibility index (Phi) is 6.33. The summed E-state index contributed by atoms with van der Waals surface area (Å²) in [5.74, 6) is 0. The molecule has 2 rings (SSSR count). The Morgan fingerprint density at radius 3 is 2.30 bits per heavy atom. The Morgan fingerprint density at radius 1 is 0.750 bits per heavy atom. The smallest absolute Gasteiger partial charge is 0.000825 e. The molecule has 0 saturated heterocycles. The van der Waals surface area contributed by atoms with Crippen LogP contribution in [-0.2, 0) is 12.8 Å². The van der Waals surface area contributed by atoms with Crippen LogP contribution in [0.4, 0.5) is 0 Å². The molecule has 1 nitrogen and oxygen atoms in total. The lowest BCUT2D eigenvalue weighted by molar-refractivity contribution is 0.622. The number of hydrogen-bond donors (Lipinski definition) is 1. The summed E-state index contributed by atoms with van der Waals surface area (Å²) in [5, 5.41) is 3.55. The molecule has 0 spiro atoms. The Labute approximate surface area is 123 Å². The highest BCUT2D eigenvalue weighted by molar-refractivity contribution is 5.25. The minimum Gasteiger partial charge on any atom is -0.316 e. The van der Waals surface area contributed by atoms with Crippen molar-refractivity contribution in [2.24, 2.45) is 0 Å². The van der Waals surface area contributed by atoms with Gasteiger partial charge in [0, 0.05) is 0 Å². The third-order valence-corrected chi connectivity index (χ3v) is 3.74. The molecule has 0 heterocycles. The van der Waals surface area contributed by atoms with Crippen LogP contribution in [0.3, 0.4) is 0 Å². The lowest BCUT2D eigenvalue weighted by Crippen LogP contribution is -2.18. The minimum atomic E-state index is 1.08. The zero-order chi connectivity index (χ0) is 14.0. The zero-order valence-electron chi connectivity index (χ0n) is 12.4. The van der Waals surface area contributed by atoms with Crippen LogP contribution in [0.5, 0.6) is 0 Å². The molecule has 1 N–H and O–H groups in total. The van der Waals surface area contributed by atoms with E-state index in [1.54, 1.807) is 0 Å². The van der Waals surface area contributed by atoms with Gasteiger partial charge in [-0.3, -0.25) is 0 Å². The number of rotatable bonds is 8. The van der Waals surface area contributed by atoms with E-state index in [1.165, 1.54) is 36.0 Å². The van der Waals surface area contributed by atoms with Gasteiger partial charge in [-0.25, -0.2) is 0 Å². The summed E-state index contributed by atoms with van der Waals surface area (Å²) in [5.41, 5.74) is 4.31. The Hall–Kier alpha value is -1.60. The maximum Gasteiger partial charge on any atom is -0.000825 e. The van der Waals surface area contributed by atoms with E-state index in [9.17, 15) is 0 Å². The Morgan fingerprint density at radius 2 is 1.50 bits per heavy atom. The molecule has 0 aliphatic carbocycles. The molecule has 20 heavy (non-hydrogen) atoms. The number of aryl methyl sites for hydroxylation is 2. The Bertz CT molecular complexity index is 490. The van der Waals surface area contributed by atoms with E-state index >= 15 is 0 Å². The van der Waals surface area contributed by atoms with Crippen molar-refractivity contribution in [1.82, 2.24) is 5.32 Å². The van der Waals surface area contributed by atoms with Crippen LogP contribution in [0.15, 0.2) is 54.6 Å². The summed E-state index contributed by atoms with van der Waals surface area (Å²) in [6.45, 7) is 4.39. The van der Waals surface area contributed by atoms with Crippen molar-refractivity contribution < 1.29 is 0 Å². The first-order chi connectivity index (χ1) is 9.86. The second kappa shape index (κ2) is 8.55. The molecule has 0 aromatic heterocycles. The third kappa shape index (κ3) is 5.18. The second-order valence-electron chi connectivity index (χ2n) is 5.37. The molecule has 0 bridgehead atoms. The summed E-state index contributed by atoms with van der Waals surface area (Å²) >= 11 is 0. The molecule has 0 aliphatic heterocycles. The van der Waals surface area contributed by atoms with Crippen molar-refractivity contribution in [3.05, 3.63) is 71.3 Å². The maximum atomic E-state index is 3.55. The van der Waals surface area contributed by atoms with Gasteiger partial charge in [0.2, 0.25) is 0 Å². The first kappa shape index (κ1) is 14.8. The molecule has 0 amide bonds. The summed E-state index contributed by atoms with van der Waals surface area (Å²) in [6, 6.07) is 19.4. The van der Waals surface area contributed by atoms with Crippen molar-refractivity contribution in [3.63, 3.8) is 0 Å². The predicted octanol–water partition coefficient (Wildman–Crippen LogP) is 4.15. The largest absolute Gasteiger partial charge is 0.316 e. The highest BCUT2D eigenvalue weighted by atomic mass is 14.8. The van der Waals surface area contributed by atoms with Crippen LogP contribution in [0.25, 0.3) is 0 Å². The van der Waals surface area contributed by atoms with Gasteiger partial charge in [0.05, 0.1) is 0 Å². The molecule has 2 aromatic rings. The lowest BCUT2D eigenvalue weighted by atomic mass is 10.1. The summed E-state index contributed by atoms with van der Waals surface area (Å²) in [7, 11) is 0. The fraction of sp³-hybridized carbons (Fsp3) is 0.368. The molecule has 106 valence electrons. The van der Waals surface area contributed by atoms with Crippen LogP contribution in [0.2, 0.25) is 0 Å². The minimum absolute atomic E-state index is 1.08. The topological polar surface area (TPSA) is 12.0 Å². The van der Waals surface area contributed by atoms with Gasteiger partial charge in [-0.05, 0) is 62.4 Å². The van der Waals surface area contributed by atoms with Gasteiger partial charge in [-0.15, -0.1) is 0 Å². The standard InChI is InChI=1S/C19H25N/c1-17-9-5-6-13-19(17)14-16-20-15-8-7-12-18-10-3-2-4-11-18/h2-6,9-11,13,20H,7-8,12,14-16H2,1H3. The number of hydrogen-bond acceptors (Lipinski definition) is 1. The molecule has 2 aromatic carbocycles. The Balaban J connectivity index is 1.53.